The van der Waals surface area contributed by atoms with Crippen molar-refractivity contribution in [3.8, 4) is 5.75 Å². The molecule has 0 radical (unpaired) electrons. The first-order valence-electron chi connectivity index (χ1n) is 7.84. The second-order valence-electron chi connectivity index (χ2n) is 5.76. The first kappa shape index (κ1) is 16.5. The van der Waals surface area contributed by atoms with Gasteiger partial charge < -0.3 is 15.5 Å². The monoisotopic (exact) mass is 335 g/mol. The first-order chi connectivity index (χ1) is 12.0. The number of rotatable bonds is 5. The Labute approximate surface area is 144 Å². The highest BCUT2D eigenvalue weighted by molar-refractivity contribution is 5.97. The normalized spacial score (nSPS) is 11.8. The van der Waals surface area contributed by atoms with Crippen molar-refractivity contribution < 1.29 is 19.8 Å². The number of aromatic hydroxyl groups is 1. The molecule has 5 heteroatoms. The van der Waals surface area contributed by atoms with Crippen LogP contribution in [0.5, 0.6) is 5.75 Å². The summed E-state index contributed by atoms with van der Waals surface area (Å²) in [5.41, 5.74) is 1.06. The number of carboxylic acids is 1. The molecule has 0 saturated carbocycles. The summed E-state index contributed by atoms with van der Waals surface area (Å²) in [6, 6.07) is 18.1. The number of amides is 1. The molecule has 0 aliphatic heterocycles. The minimum absolute atomic E-state index is 0.0476. The molecule has 0 bridgehead atoms. The van der Waals surface area contributed by atoms with E-state index in [4.69, 9.17) is 0 Å². The molecule has 0 heterocycles. The zero-order valence-electron chi connectivity index (χ0n) is 13.3. The van der Waals surface area contributed by atoms with Crippen LogP contribution in [0.4, 0.5) is 0 Å². The average molecular weight is 335 g/mol. The Morgan fingerprint density at radius 2 is 1.68 bits per heavy atom. The van der Waals surface area contributed by atoms with Crippen LogP contribution < -0.4 is 5.32 Å². The molecule has 5 nitrogen and oxygen atoms in total. The number of carbonyl (C=O) groups is 2. The summed E-state index contributed by atoms with van der Waals surface area (Å²) >= 11 is 0. The topological polar surface area (TPSA) is 86.6 Å². The number of benzene rings is 3. The number of phenols is 1. The van der Waals surface area contributed by atoms with Gasteiger partial charge in [0, 0.05) is 12.0 Å². The molecular formula is C20H17NO4. The molecule has 25 heavy (non-hydrogen) atoms. The number of hydrogen-bond donors (Lipinski definition) is 3. The van der Waals surface area contributed by atoms with Crippen LogP contribution in [-0.4, -0.2) is 28.1 Å². The fourth-order valence-corrected chi connectivity index (χ4v) is 2.78. The van der Waals surface area contributed by atoms with Gasteiger partial charge in [0.25, 0.3) is 5.91 Å². The lowest BCUT2D eigenvalue weighted by atomic mass is 9.98. The van der Waals surface area contributed by atoms with Gasteiger partial charge in [-0.05, 0) is 34.5 Å². The third kappa shape index (κ3) is 3.77. The molecule has 0 saturated heterocycles. The second-order valence-corrected chi connectivity index (χ2v) is 5.76. The van der Waals surface area contributed by atoms with Gasteiger partial charge in [0.15, 0.2) is 0 Å². The molecule has 0 spiro atoms. The van der Waals surface area contributed by atoms with Gasteiger partial charge >= 0.3 is 5.97 Å². The molecule has 3 N–H and O–H groups in total. The molecular weight excluding hydrogens is 318 g/mol. The number of carboxylic acid groups (broad SMARTS) is 1. The van der Waals surface area contributed by atoms with E-state index in [2.05, 4.69) is 5.32 Å². The smallest absolute Gasteiger partial charge is 0.326 e. The van der Waals surface area contributed by atoms with E-state index in [1.165, 1.54) is 24.3 Å². The Kier molecular flexibility index (Phi) is 4.66. The molecule has 0 aliphatic rings. The summed E-state index contributed by atoms with van der Waals surface area (Å²) in [7, 11) is 0. The average Bonchev–Trinajstić information content (AvgIpc) is 2.61. The van der Waals surface area contributed by atoms with Gasteiger partial charge in [-0.25, -0.2) is 4.79 Å². The summed E-state index contributed by atoms with van der Waals surface area (Å²) in [4.78, 5) is 23.9. The molecule has 0 unspecified atom stereocenters. The van der Waals surface area contributed by atoms with Crippen molar-refractivity contribution in [1.82, 2.24) is 5.32 Å². The predicted molar refractivity (Wildman–Crippen MR) is 94.6 cm³/mol. The van der Waals surface area contributed by atoms with Gasteiger partial charge in [-0.15, -0.1) is 0 Å². The van der Waals surface area contributed by atoms with Crippen molar-refractivity contribution in [3.63, 3.8) is 0 Å². The van der Waals surface area contributed by atoms with Crippen LogP contribution in [-0.2, 0) is 11.2 Å². The van der Waals surface area contributed by atoms with Crippen molar-refractivity contribution in [2.75, 3.05) is 0 Å². The molecule has 0 fully saturated rings. The van der Waals surface area contributed by atoms with Gasteiger partial charge in [0.05, 0.1) is 0 Å². The van der Waals surface area contributed by atoms with E-state index in [-0.39, 0.29) is 17.7 Å². The van der Waals surface area contributed by atoms with Crippen LogP contribution in [0.2, 0.25) is 0 Å². The lowest BCUT2D eigenvalue weighted by Crippen LogP contribution is -2.42. The van der Waals surface area contributed by atoms with E-state index in [0.717, 1.165) is 16.3 Å². The molecule has 0 aliphatic carbocycles. The quantitative estimate of drug-likeness (QED) is 0.669. The highest BCUT2D eigenvalue weighted by atomic mass is 16.4. The maximum absolute atomic E-state index is 12.3. The van der Waals surface area contributed by atoms with Crippen LogP contribution >= 0.6 is 0 Å². The van der Waals surface area contributed by atoms with Crippen molar-refractivity contribution >= 4 is 22.6 Å². The molecule has 0 aromatic heterocycles. The van der Waals surface area contributed by atoms with E-state index in [1.54, 1.807) is 0 Å². The highest BCUT2D eigenvalue weighted by Crippen LogP contribution is 2.20. The van der Waals surface area contributed by atoms with Gasteiger partial charge in [0.2, 0.25) is 0 Å². The third-order valence-corrected chi connectivity index (χ3v) is 4.02. The molecule has 3 aromatic carbocycles. The van der Waals surface area contributed by atoms with E-state index < -0.39 is 17.9 Å². The molecule has 1 atom stereocenters. The van der Waals surface area contributed by atoms with E-state index in [0.29, 0.717) is 0 Å². The van der Waals surface area contributed by atoms with Crippen LogP contribution in [0.25, 0.3) is 10.8 Å². The number of nitrogens with one attached hydrogen (secondary N) is 1. The van der Waals surface area contributed by atoms with Gasteiger partial charge in [-0.2, -0.15) is 0 Å². The van der Waals surface area contributed by atoms with Crippen molar-refractivity contribution in [3.05, 3.63) is 77.9 Å². The first-order valence-corrected chi connectivity index (χ1v) is 7.84. The molecule has 3 aromatic rings. The van der Waals surface area contributed by atoms with Crippen LogP contribution in [0, 0.1) is 0 Å². The van der Waals surface area contributed by atoms with E-state index in [9.17, 15) is 19.8 Å². The summed E-state index contributed by atoms with van der Waals surface area (Å²) < 4.78 is 0. The minimum Gasteiger partial charge on any atom is -0.508 e. The maximum atomic E-state index is 12.3. The molecule has 3 rings (SSSR count). The zero-order valence-corrected chi connectivity index (χ0v) is 13.3. The Hall–Kier alpha value is -3.34. The summed E-state index contributed by atoms with van der Waals surface area (Å²) in [5, 5.41) is 23.5. The number of aliphatic carboxylic acids is 1. The number of phenolic OH excluding ortho intramolecular Hbond substituents is 1. The summed E-state index contributed by atoms with van der Waals surface area (Å²) in [6.45, 7) is 0. The SMILES string of the molecule is O=C(N[C@@H](Cc1cccc2ccccc12)C(=O)O)c1cccc(O)c1. The second kappa shape index (κ2) is 7.05. The van der Waals surface area contributed by atoms with Crippen LogP contribution in [0.15, 0.2) is 66.7 Å². The Balaban J connectivity index is 1.84. The highest BCUT2D eigenvalue weighted by Gasteiger charge is 2.22. The van der Waals surface area contributed by atoms with Crippen LogP contribution in [0.3, 0.4) is 0 Å². The standard InChI is InChI=1S/C20H17NO4/c22-16-9-4-8-15(11-16)19(23)21-18(20(24)25)12-14-7-3-6-13-5-1-2-10-17(13)14/h1-11,18,22H,12H2,(H,21,23)(H,24,25)/t18-/m0/s1. The predicted octanol–water partition coefficient (Wildman–Crippen LogP) is 2.97. The third-order valence-electron chi connectivity index (χ3n) is 4.02. The van der Waals surface area contributed by atoms with E-state index in [1.807, 2.05) is 42.5 Å². The van der Waals surface area contributed by atoms with Crippen molar-refractivity contribution in [2.45, 2.75) is 12.5 Å². The van der Waals surface area contributed by atoms with Gasteiger partial charge in [-0.1, -0.05) is 48.5 Å². The Morgan fingerprint density at radius 1 is 0.960 bits per heavy atom. The Morgan fingerprint density at radius 3 is 2.44 bits per heavy atom. The molecule has 1 amide bonds. The summed E-state index contributed by atoms with van der Waals surface area (Å²) in [6.07, 6.45) is 0.168. The number of carbonyl (C=O) groups excluding carboxylic acids is 1. The summed E-state index contributed by atoms with van der Waals surface area (Å²) in [5.74, 6) is -1.70. The lowest BCUT2D eigenvalue weighted by molar-refractivity contribution is -0.139. The van der Waals surface area contributed by atoms with Crippen molar-refractivity contribution in [2.24, 2.45) is 0 Å². The largest absolute Gasteiger partial charge is 0.508 e. The number of hydrogen-bond acceptors (Lipinski definition) is 3. The fourth-order valence-electron chi connectivity index (χ4n) is 2.78. The van der Waals surface area contributed by atoms with E-state index >= 15 is 0 Å². The van der Waals surface area contributed by atoms with Crippen LogP contribution in [0.1, 0.15) is 15.9 Å². The molecule has 126 valence electrons. The zero-order chi connectivity index (χ0) is 17.8. The minimum atomic E-state index is -1.11. The fraction of sp³-hybridized carbons (Fsp3) is 0.100. The lowest BCUT2D eigenvalue weighted by Gasteiger charge is -2.16. The van der Waals surface area contributed by atoms with Crippen molar-refractivity contribution in [1.29, 1.82) is 0 Å². The Bertz CT molecular complexity index is 930. The van der Waals surface area contributed by atoms with Gasteiger partial charge in [0.1, 0.15) is 11.8 Å². The number of fused-ring (bicyclic) bond motifs is 1. The maximum Gasteiger partial charge on any atom is 0.326 e. The van der Waals surface area contributed by atoms with Gasteiger partial charge in [-0.3, -0.25) is 4.79 Å².